The number of carbonyl (C=O) groups excluding carboxylic acids is 1. The van der Waals surface area contributed by atoms with E-state index in [0.29, 0.717) is 23.7 Å². The Balaban J connectivity index is 1.57. The first-order valence-electron chi connectivity index (χ1n) is 9.07. The number of anilines is 1. The third-order valence-corrected chi connectivity index (χ3v) is 5.90. The van der Waals surface area contributed by atoms with Crippen molar-refractivity contribution in [1.29, 1.82) is 0 Å². The van der Waals surface area contributed by atoms with Gasteiger partial charge in [0.25, 0.3) is 0 Å². The lowest BCUT2D eigenvalue weighted by molar-refractivity contribution is 0.0699. The van der Waals surface area contributed by atoms with Crippen LogP contribution >= 0.6 is 11.3 Å². The summed E-state index contributed by atoms with van der Waals surface area (Å²) in [6.07, 6.45) is 0.800. The fourth-order valence-electron chi connectivity index (χ4n) is 3.45. The highest BCUT2D eigenvalue weighted by molar-refractivity contribution is 7.15. The fourth-order valence-corrected chi connectivity index (χ4v) is 4.40. The molecule has 6 heteroatoms. The molecule has 2 aromatic carbocycles. The standard InChI is InChI=1S/C22H20N2O3S/c1-14-6-8-16(9-7-14)18-13-28-20(19(18)21(25)26)23-22(27)24-11-10-15-4-2-3-5-17(15)12-24/h2-9,13H,10-12H2,1H3,(H,23,27)(H,25,26). The molecule has 5 nitrogen and oxygen atoms in total. The number of thiophene rings is 1. The summed E-state index contributed by atoms with van der Waals surface area (Å²) in [4.78, 5) is 26.4. The molecule has 2 N–H and O–H groups in total. The fraction of sp³-hybridized carbons (Fsp3) is 0.182. The number of urea groups is 1. The van der Waals surface area contributed by atoms with Crippen LogP contribution in [0.15, 0.2) is 53.9 Å². The molecule has 1 aromatic heterocycles. The maximum Gasteiger partial charge on any atom is 0.339 e. The van der Waals surface area contributed by atoms with Gasteiger partial charge in [0, 0.05) is 24.0 Å². The zero-order valence-electron chi connectivity index (χ0n) is 15.4. The van der Waals surface area contributed by atoms with Crippen molar-refractivity contribution >= 4 is 28.3 Å². The van der Waals surface area contributed by atoms with Gasteiger partial charge in [-0.15, -0.1) is 11.3 Å². The van der Waals surface area contributed by atoms with Gasteiger partial charge < -0.3 is 10.0 Å². The molecular formula is C22H20N2O3S. The quantitative estimate of drug-likeness (QED) is 0.658. The summed E-state index contributed by atoms with van der Waals surface area (Å²) in [6, 6.07) is 15.5. The third kappa shape index (κ3) is 3.51. The van der Waals surface area contributed by atoms with E-state index in [-0.39, 0.29) is 11.6 Å². The van der Waals surface area contributed by atoms with Gasteiger partial charge in [-0.25, -0.2) is 9.59 Å². The number of carbonyl (C=O) groups is 2. The van der Waals surface area contributed by atoms with E-state index in [9.17, 15) is 14.7 Å². The van der Waals surface area contributed by atoms with Crippen LogP contribution < -0.4 is 5.32 Å². The molecule has 0 atom stereocenters. The van der Waals surface area contributed by atoms with Crippen molar-refractivity contribution in [3.05, 3.63) is 76.2 Å². The Morgan fingerprint density at radius 1 is 1.07 bits per heavy atom. The molecule has 2 amide bonds. The number of amides is 2. The van der Waals surface area contributed by atoms with Gasteiger partial charge in [0.15, 0.2) is 0 Å². The van der Waals surface area contributed by atoms with E-state index in [4.69, 9.17) is 0 Å². The highest BCUT2D eigenvalue weighted by atomic mass is 32.1. The summed E-state index contributed by atoms with van der Waals surface area (Å²) in [5, 5.41) is 14.7. The van der Waals surface area contributed by atoms with Crippen LogP contribution in [0, 0.1) is 6.92 Å². The minimum Gasteiger partial charge on any atom is -0.478 e. The molecule has 0 spiro atoms. The van der Waals surface area contributed by atoms with Gasteiger partial charge in [-0.05, 0) is 30.0 Å². The van der Waals surface area contributed by atoms with Crippen molar-refractivity contribution in [2.24, 2.45) is 0 Å². The Hall–Kier alpha value is -3.12. The smallest absolute Gasteiger partial charge is 0.339 e. The molecule has 4 rings (SSSR count). The molecule has 0 aliphatic carbocycles. The number of benzene rings is 2. The Morgan fingerprint density at radius 3 is 2.50 bits per heavy atom. The van der Waals surface area contributed by atoms with Gasteiger partial charge in [0.2, 0.25) is 0 Å². The van der Waals surface area contributed by atoms with Gasteiger partial charge in [0.1, 0.15) is 10.6 Å². The van der Waals surface area contributed by atoms with Crippen LogP contribution in [0.1, 0.15) is 27.0 Å². The number of nitrogens with one attached hydrogen (secondary N) is 1. The van der Waals surface area contributed by atoms with Crippen LogP contribution in [0.25, 0.3) is 11.1 Å². The first-order valence-corrected chi connectivity index (χ1v) is 9.95. The van der Waals surface area contributed by atoms with Crippen LogP contribution in [-0.2, 0) is 13.0 Å². The Kier molecular flexibility index (Phi) is 4.88. The van der Waals surface area contributed by atoms with Gasteiger partial charge in [-0.2, -0.15) is 0 Å². The number of aryl methyl sites for hydroxylation is 1. The Bertz CT molecular complexity index is 1040. The second-order valence-corrected chi connectivity index (χ2v) is 7.77. The average molecular weight is 392 g/mol. The first kappa shape index (κ1) is 18.3. The lowest BCUT2D eigenvalue weighted by Gasteiger charge is -2.28. The minimum atomic E-state index is -1.05. The lowest BCUT2D eigenvalue weighted by atomic mass is 10.0. The predicted molar refractivity (Wildman–Crippen MR) is 111 cm³/mol. The van der Waals surface area contributed by atoms with Crippen molar-refractivity contribution in [2.45, 2.75) is 19.9 Å². The van der Waals surface area contributed by atoms with E-state index in [2.05, 4.69) is 11.4 Å². The molecule has 0 radical (unpaired) electrons. The lowest BCUT2D eigenvalue weighted by Crippen LogP contribution is -2.38. The number of carboxylic acid groups (broad SMARTS) is 1. The summed E-state index contributed by atoms with van der Waals surface area (Å²) in [7, 11) is 0. The molecule has 142 valence electrons. The normalized spacial score (nSPS) is 13.1. The summed E-state index contributed by atoms with van der Waals surface area (Å²) >= 11 is 1.24. The van der Waals surface area contributed by atoms with Gasteiger partial charge in [0.05, 0.1) is 0 Å². The molecule has 0 fully saturated rings. The van der Waals surface area contributed by atoms with E-state index in [1.54, 1.807) is 10.3 Å². The number of nitrogens with zero attached hydrogens (tertiary/aromatic N) is 1. The van der Waals surface area contributed by atoms with Crippen molar-refractivity contribution in [1.82, 2.24) is 4.90 Å². The van der Waals surface area contributed by atoms with Crippen LogP contribution in [0.5, 0.6) is 0 Å². The number of aromatic carboxylic acids is 1. The summed E-state index contributed by atoms with van der Waals surface area (Å²) in [6.45, 7) is 3.12. The topological polar surface area (TPSA) is 69.6 Å². The minimum absolute atomic E-state index is 0.139. The predicted octanol–water partition coefficient (Wildman–Crippen LogP) is 5.01. The average Bonchev–Trinajstić information content (AvgIpc) is 3.12. The number of hydrogen-bond donors (Lipinski definition) is 2. The van der Waals surface area contributed by atoms with E-state index < -0.39 is 5.97 Å². The SMILES string of the molecule is Cc1ccc(-c2csc(NC(=O)N3CCc4ccccc4C3)c2C(=O)O)cc1. The third-order valence-electron chi connectivity index (χ3n) is 5.01. The molecule has 3 aromatic rings. The van der Waals surface area contributed by atoms with Crippen molar-refractivity contribution in [2.75, 3.05) is 11.9 Å². The summed E-state index contributed by atoms with van der Waals surface area (Å²) in [5.41, 5.74) is 5.09. The largest absolute Gasteiger partial charge is 0.478 e. The van der Waals surface area contributed by atoms with E-state index >= 15 is 0 Å². The summed E-state index contributed by atoms with van der Waals surface area (Å²) in [5.74, 6) is -1.05. The summed E-state index contributed by atoms with van der Waals surface area (Å²) < 4.78 is 0. The molecule has 1 aliphatic rings. The van der Waals surface area contributed by atoms with Crippen molar-refractivity contribution in [3.8, 4) is 11.1 Å². The van der Waals surface area contributed by atoms with Crippen molar-refractivity contribution < 1.29 is 14.7 Å². The second-order valence-electron chi connectivity index (χ2n) is 6.90. The van der Waals surface area contributed by atoms with E-state index in [1.165, 1.54) is 16.9 Å². The van der Waals surface area contributed by atoms with Gasteiger partial charge >= 0.3 is 12.0 Å². The van der Waals surface area contributed by atoms with Crippen LogP contribution in [-0.4, -0.2) is 28.6 Å². The number of fused-ring (bicyclic) bond motifs is 1. The van der Waals surface area contributed by atoms with Crippen LogP contribution in [0.2, 0.25) is 0 Å². The van der Waals surface area contributed by atoms with Gasteiger partial charge in [-0.3, -0.25) is 5.32 Å². The number of rotatable bonds is 3. The van der Waals surface area contributed by atoms with Crippen molar-refractivity contribution in [3.63, 3.8) is 0 Å². The zero-order chi connectivity index (χ0) is 19.7. The highest BCUT2D eigenvalue weighted by Crippen LogP contribution is 2.36. The molecule has 0 unspecified atom stereocenters. The number of hydrogen-bond acceptors (Lipinski definition) is 3. The monoisotopic (exact) mass is 392 g/mol. The van der Waals surface area contributed by atoms with E-state index in [1.807, 2.05) is 49.4 Å². The van der Waals surface area contributed by atoms with Crippen LogP contribution in [0.4, 0.5) is 9.80 Å². The second kappa shape index (κ2) is 7.48. The molecule has 1 aliphatic heterocycles. The molecule has 0 bridgehead atoms. The number of carboxylic acids is 1. The van der Waals surface area contributed by atoms with E-state index in [0.717, 1.165) is 23.1 Å². The first-order chi connectivity index (χ1) is 13.5. The molecule has 2 heterocycles. The van der Waals surface area contributed by atoms with Gasteiger partial charge in [-0.1, -0.05) is 54.1 Å². The maximum absolute atomic E-state index is 12.8. The zero-order valence-corrected chi connectivity index (χ0v) is 16.3. The highest BCUT2D eigenvalue weighted by Gasteiger charge is 2.25. The Morgan fingerprint density at radius 2 is 1.79 bits per heavy atom. The molecule has 0 saturated carbocycles. The molecular weight excluding hydrogens is 372 g/mol. The van der Waals surface area contributed by atoms with Crippen LogP contribution in [0.3, 0.4) is 0 Å². The Labute approximate surface area is 167 Å². The molecule has 28 heavy (non-hydrogen) atoms. The molecule has 0 saturated heterocycles. The maximum atomic E-state index is 12.8.